The van der Waals surface area contributed by atoms with Crippen molar-refractivity contribution in [3.8, 4) is 23.1 Å². The number of hydrogen-bond acceptors (Lipinski definition) is 6. The Morgan fingerprint density at radius 2 is 1.82 bits per heavy atom. The molecule has 6 rings (SSSR count). The maximum atomic E-state index is 13.2. The van der Waals surface area contributed by atoms with Crippen molar-refractivity contribution >= 4 is 22.7 Å². The summed E-state index contributed by atoms with van der Waals surface area (Å²) in [5.41, 5.74) is 4.51. The molecule has 2 heterocycles. The van der Waals surface area contributed by atoms with Gasteiger partial charge in [-0.3, -0.25) is 5.32 Å². The molecule has 2 fully saturated rings. The predicted octanol–water partition coefficient (Wildman–Crippen LogP) is 6.72. The molecule has 8 nitrogen and oxygen atoms in total. The van der Waals surface area contributed by atoms with Gasteiger partial charge in [0.05, 0.1) is 30.0 Å². The summed E-state index contributed by atoms with van der Waals surface area (Å²) in [6.45, 7) is 3.16. The monoisotopic (exact) mass is 541 g/mol. The third-order valence-corrected chi connectivity index (χ3v) is 7.10. The molecule has 1 aliphatic carbocycles. The van der Waals surface area contributed by atoms with E-state index in [9.17, 15) is 14.4 Å². The molecule has 0 radical (unpaired) electrons. The molecule has 1 saturated carbocycles. The smallest absolute Gasteiger partial charge is 0.412 e. The van der Waals surface area contributed by atoms with E-state index in [0.717, 1.165) is 35.0 Å². The molecule has 0 bridgehead atoms. The standard InChI is InChI=1S/C31H28FN3O5/c1-19(20-2-6-22(32)7-3-20)40-31(36)34-23-8-4-21(5-9-23)30-27(17-33)26-13-12-25(39-18-29-37-14-15-38-29)16-28(26)35(30)24-10-11-24/h2-9,12-13,16,19,24,29H,10-11,14-15,18H2,1H3,(H,34,36). The number of aromatic nitrogens is 1. The van der Waals surface area contributed by atoms with E-state index in [1.165, 1.54) is 12.1 Å². The van der Waals surface area contributed by atoms with E-state index < -0.39 is 12.2 Å². The number of nitrogens with one attached hydrogen (secondary N) is 1. The van der Waals surface area contributed by atoms with E-state index >= 15 is 0 Å². The zero-order valence-corrected chi connectivity index (χ0v) is 21.9. The second-order valence-electron chi connectivity index (χ2n) is 9.90. The summed E-state index contributed by atoms with van der Waals surface area (Å²) in [6, 6.07) is 21.6. The van der Waals surface area contributed by atoms with Gasteiger partial charge in [0.1, 0.15) is 30.3 Å². The van der Waals surface area contributed by atoms with Crippen molar-refractivity contribution in [3.63, 3.8) is 0 Å². The fourth-order valence-corrected chi connectivity index (χ4v) is 4.98. The predicted molar refractivity (Wildman–Crippen MR) is 146 cm³/mol. The number of hydrogen-bond donors (Lipinski definition) is 1. The zero-order chi connectivity index (χ0) is 27.6. The average molecular weight is 542 g/mol. The molecule has 1 saturated heterocycles. The maximum Gasteiger partial charge on any atom is 0.412 e. The number of anilines is 1. The lowest BCUT2D eigenvalue weighted by Gasteiger charge is -2.15. The number of nitriles is 1. The van der Waals surface area contributed by atoms with Crippen molar-refractivity contribution in [2.45, 2.75) is 38.2 Å². The number of carbonyl (C=O) groups excluding carboxylic acids is 1. The highest BCUT2D eigenvalue weighted by atomic mass is 19.1. The van der Waals surface area contributed by atoms with Crippen LogP contribution in [-0.4, -0.2) is 36.8 Å². The Bertz CT molecular complexity index is 1570. The first-order chi connectivity index (χ1) is 19.5. The molecular weight excluding hydrogens is 513 g/mol. The van der Waals surface area contributed by atoms with Gasteiger partial charge in [0.2, 0.25) is 0 Å². The Kier molecular flexibility index (Phi) is 7.11. The van der Waals surface area contributed by atoms with Gasteiger partial charge in [-0.1, -0.05) is 24.3 Å². The van der Waals surface area contributed by atoms with E-state index in [2.05, 4.69) is 16.0 Å². The summed E-state index contributed by atoms with van der Waals surface area (Å²) < 4.78 is 37.7. The van der Waals surface area contributed by atoms with Gasteiger partial charge in [-0.05, 0) is 67.3 Å². The zero-order valence-electron chi connectivity index (χ0n) is 21.9. The number of amides is 1. The summed E-state index contributed by atoms with van der Waals surface area (Å²) >= 11 is 0. The van der Waals surface area contributed by atoms with Crippen molar-refractivity contribution in [2.24, 2.45) is 0 Å². The van der Waals surface area contributed by atoms with Crippen molar-refractivity contribution in [1.29, 1.82) is 5.26 Å². The minimum atomic E-state index is -0.615. The largest absolute Gasteiger partial charge is 0.488 e. The minimum Gasteiger partial charge on any atom is -0.488 e. The van der Waals surface area contributed by atoms with E-state index in [0.29, 0.717) is 48.4 Å². The van der Waals surface area contributed by atoms with Crippen LogP contribution in [-0.2, 0) is 14.2 Å². The molecule has 40 heavy (non-hydrogen) atoms. The number of rotatable bonds is 8. The van der Waals surface area contributed by atoms with Gasteiger partial charge in [0, 0.05) is 23.2 Å². The number of carbonyl (C=O) groups is 1. The minimum absolute atomic E-state index is 0.299. The molecule has 1 atom stereocenters. The molecule has 1 aromatic heterocycles. The van der Waals surface area contributed by atoms with Crippen LogP contribution in [0.2, 0.25) is 0 Å². The van der Waals surface area contributed by atoms with Crippen LogP contribution in [0.5, 0.6) is 5.75 Å². The first kappa shape index (κ1) is 25.9. The van der Waals surface area contributed by atoms with Gasteiger partial charge in [-0.2, -0.15) is 5.26 Å². The second kappa shape index (κ2) is 11.0. The number of nitrogens with zero attached hydrogens (tertiary/aromatic N) is 2. The van der Waals surface area contributed by atoms with Crippen LogP contribution < -0.4 is 10.1 Å². The summed E-state index contributed by atoms with van der Waals surface area (Å²) in [4.78, 5) is 12.5. The number of fused-ring (bicyclic) bond motifs is 1. The van der Waals surface area contributed by atoms with Gasteiger partial charge in [-0.15, -0.1) is 0 Å². The highest BCUT2D eigenvalue weighted by Crippen LogP contribution is 2.45. The average Bonchev–Trinajstić information content (AvgIpc) is 3.55. The van der Waals surface area contributed by atoms with Gasteiger partial charge in [0.15, 0.2) is 6.29 Å². The lowest BCUT2D eigenvalue weighted by atomic mass is 10.1. The Balaban J connectivity index is 1.22. The third kappa shape index (κ3) is 5.37. The molecule has 4 aromatic rings. The third-order valence-electron chi connectivity index (χ3n) is 7.10. The maximum absolute atomic E-state index is 13.2. The molecule has 3 aromatic carbocycles. The van der Waals surface area contributed by atoms with E-state index in [4.69, 9.17) is 18.9 Å². The quantitative estimate of drug-likeness (QED) is 0.266. The van der Waals surface area contributed by atoms with Crippen LogP contribution in [0.15, 0.2) is 66.7 Å². The first-order valence-corrected chi connectivity index (χ1v) is 13.3. The van der Waals surface area contributed by atoms with Crippen molar-refractivity contribution in [1.82, 2.24) is 4.57 Å². The number of ether oxygens (including phenoxy) is 4. The topological polar surface area (TPSA) is 94.7 Å². The van der Waals surface area contributed by atoms with Crippen LogP contribution in [0.1, 0.15) is 43.0 Å². The lowest BCUT2D eigenvalue weighted by molar-refractivity contribution is -0.0683. The Morgan fingerprint density at radius 1 is 1.10 bits per heavy atom. The Hall–Kier alpha value is -4.39. The van der Waals surface area contributed by atoms with Crippen molar-refractivity contribution in [3.05, 3.63) is 83.7 Å². The highest BCUT2D eigenvalue weighted by Gasteiger charge is 2.31. The van der Waals surface area contributed by atoms with Crippen molar-refractivity contribution in [2.75, 3.05) is 25.1 Å². The normalized spacial score (nSPS) is 16.0. The van der Waals surface area contributed by atoms with Gasteiger partial charge >= 0.3 is 6.09 Å². The first-order valence-electron chi connectivity index (χ1n) is 13.3. The van der Waals surface area contributed by atoms with Gasteiger partial charge < -0.3 is 23.5 Å². The summed E-state index contributed by atoms with van der Waals surface area (Å²) in [5, 5.41) is 13.8. The SMILES string of the molecule is CC(OC(=O)Nc1ccc(-c2c(C#N)c3ccc(OCC4OCCO4)cc3n2C2CC2)cc1)c1ccc(F)cc1. The fourth-order valence-electron chi connectivity index (χ4n) is 4.98. The number of halogens is 1. The molecule has 1 amide bonds. The highest BCUT2D eigenvalue weighted by molar-refractivity contribution is 5.96. The van der Waals surface area contributed by atoms with Crippen LogP contribution in [0.4, 0.5) is 14.9 Å². The summed E-state index contributed by atoms with van der Waals surface area (Å²) in [6.07, 6.45) is 0.545. The molecule has 9 heteroatoms. The van der Waals surface area contributed by atoms with E-state index in [1.54, 1.807) is 31.2 Å². The fraction of sp³-hybridized carbons (Fsp3) is 0.290. The van der Waals surface area contributed by atoms with Gasteiger partial charge in [-0.25, -0.2) is 9.18 Å². The molecule has 0 spiro atoms. The van der Waals surface area contributed by atoms with Crippen molar-refractivity contribution < 1.29 is 28.1 Å². The van der Waals surface area contributed by atoms with Gasteiger partial charge in [0.25, 0.3) is 0 Å². The molecular formula is C31H28FN3O5. The molecule has 1 unspecified atom stereocenters. The molecule has 1 aliphatic heterocycles. The van der Waals surface area contributed by atoms with E-state index in [1.807, 2.05) is 30.3 Å². The van der Waals surface area contributed by atoms with Crippen LogP contribution in [0, 0.1) is 17.1 Å². The summed E-state index contributed by atoms with van der Waals surface area (Å²) in [5.74, 6) is 0.342. The Morgan fingerprint density at radius 3 is 2.50 bits per heavy atom. The molecule has 2 aliphatic rings. The van der Waals surface area contributed by atoms with Crippen LogP contribution in [0.3, 0.4) is 0 Å². The van der Waals surface area contributed by atoms with Crippen LogP contribution in [0.25, 0.3) is 22.2 Å². The number of benzene rings is 3. The van der Waals surface area contributed by atoms with E-state index in [-0.39, 0.29) is 12.1 Å². The second-order valence-corrected chi connectivity index (χ2v) is 9.90. The van der Waals surface area contributed by atoms with Crippen LogP contribution >= 0.6 is 0 Å². The lowest BCUT2D eigenvalue weighted by Crippen LogP contribution is -2.18. The molecule has 204 valence electrons. The summed E-state index contributed by atoms with van der Waals surface area (Å²) in [7, 11) is 0. The Labute approximate surface area is 230 Å². The molecule has 1 N–H and O–H groups in total.